The molecule has 2 amide bonds. The monoisotopic (exact) mass is 354 g/mol. The van der Waals surface area contributed by atoms with Gasteiger partial charge in [-0.05, 0) is 47.4 Å². The Morgan fingerprint density at radius 1 is 1.15 bits per heavy atom. The quantitative estimate of drug-likeness (QED) is 0.895. The van der Waals surface area contributed by atoms with Crippen LogP contribution < -0.4 is 10.2 Å². The van der Waals surface area contributed by atoms with Crippen LogP contribution in [0.2, 0.25) is 0 Å². The van der Waals surface area contributed by atoms with Crippen LogP contribution in [0.5, 0.6) is 0 Å². The minimum Gasteiger partial charge on any atom is -0.351 e. The highest BCUT2D eigenvalue weighted by Gasteiger charge is 2.28. The van der Waals surface area contributed by atoms with E-state index in [0.29, 0.717) is 18.8 Å². The number of anilines is 1. The van der Waals surface area contributed by atoms with Crippen molar-refractivity contribution in [2.24, 2.45) is 0 Å². The van der Waals surface area contributed by atoms with Gasteiger partial charge in [-0.2, -0.15) is 0 Å². The fraction of sp³-hybridized carbons (Fsp3) is 0.500. The van der Waals surface area contributed by atoms with Crippen LogP contribution in [0.15, 0.2) is 24.3 Å². The summed E-state index contributed by atoms with van der Waals surface area (Å²) >= 11 is 0. The zero-order valence-electron chi connectivity index (χ0n) is 14.6. The smallest absolute Gasteiger partial charge is 0.231 e. The average Bonchev–Trinajstić information content (AvgIpc) is 3.25. The third-order valence-electron chi connectivity index (χ3n) is 5.09. The number of nitrogens with one attached hydrogen (secondary N) is 1. The van der Waals surface area contributed by atoms with Crippen molar-refractivity contribution in [1.29, 1.82) is 0 Å². The average molecular weight is 354 g/mol. The molecule has 0 unspecified atom stereocenters. The van der Waals surface area contributed by atoms with Crippen LogP contribution in [0.25, 0.3) is 0 Å². The van der Waals surface area contributed by atoms with Crippen LogP contribution in [-0.2, 0) is 22.7 Å². The van der Waals surface area contributed by atoms with Crippen LogP contribution in [0.1, 0.15) is 49.4 Å². The summed E-state index contributed by atoms with van der Waals surface area (Å²) < 4.78 is 1.74. The number of nitrogens with zero attached hydrogens (tertiary/aromatic N) is 5. The van der Waals surface area contributed by atoms with Gasteiger partial charge in [0, 0.05) is 31.7 Å². The molecule has 0 saturated carbocycles. The number of carbonyl (C=O) groups is 2. The minimum absolute atomic E-state index is 0.0400. The molecule has 3 heterocycles. The standard InChI is InChI=1S/C18H22N6O2/c25-16-5-3-10-23(16)14-8-6-13(7-9-14)12-19-18(26)15-4-1-2-11-24-17(15)20-21-22-24/h6-9,15H,1-5,10-12H2,(H,19,26)/t15-/m0/s1. The molecule has 2 aliphatic rings. The first-order valence-electron chi connectivity index (χ1n) is 9.15. The van der Waals surface area contributed by atoms with E-state index in [0.717, 1.165) is 50.0 Å². The number of aryl methyl sites for hydroxylation is 1. The lowest BCUT2D eigenvalue weighted by atomic mass is 10.0. The molecule has 1 N–H and O–H groups in total. The van der Waals surface area contributed by atoms with Gasteiger partial charge in [-0.3, -0.25) is 9.59 Å². The van der Waals surface area contributed by atoms with Crippen LogP contribution >= 0.6 is 0 Å². The normalized spacial score (nSPS) is 19.9. The maximum Gasteiger partial charge on any atom is 0.231 e. The molecule has 1 atom stereocenters. The first-order chi connectivity index (χ1) is 12.7. The zero-order valence-corrected chi connectivity index (χ0v) is 14.6. The van der Waals surface area contributed by atoms with Crippen LogP contribution in [0.3, 0.4) is 0 Å². The first kappa shape index (κ1) is 16.7. The third-order valence-corrected chi connectivity index (χ3v) is 5.09. The number of tetrazole rings is 1. The van der Waals surface area contributed by atoms with Crippen LogP contribution in [0.4, 0.5) is 5.69 Å². The van der Waals surface area contributed by atoms with Gasteiger partial charge in [0.25, 0.3) is 0 Å². The Bertz CT molecular complexity index is 800. The Kier molecular flexibility index (Phi) is 4.64. The molecule has 1 saturated heterocycles. The highest BCUT2D eigenvalue weighted by atomic mass is 16.2. The molecule has 4 rings (SSSR count). The lowest BCUT2D eigenvalue weighted by Crippen LogP contribution is -2.30. The van der Waals surface area contributed by atoms with E-state index in [1.807, 2.05) is 29.2 Å². The Morgan fingerprint density at radius 2 is 2.00 bits per heavy atom. The molecule has 0 bridgehead atoms. The zero-order chi connectivity index (χ0) is 17.9. The number of hydrogen-bond donors (Lipinski definition) is 1. The summed E-state index contributed by atoms with van der Waals surface area (Å²) in [4.78, 5) is 26.3. The van der Waals surface area contributed by atoms with Gasteiger partial charge in [0.2, 0.25) is 11.8 Å². The first-order valence-corrected chi connectivity index (χ1v) is 9.15. The summed E-state index contributed by atoms with van der Waals surface area (Å²) in [6.07, 6.45) is 4.26. The van der Waals surface area contributed by atoms with Gasteiger partial charge < -0.3 is 10.2 Å². The lowest BCUT2D eigenvalue weighted by molar-refractivity contribution is -0.123. The second kappa shape index (κ2) is 7.23. The van der Waals surface area contributed by atoms with Gasteiger partial charge in [0.05, 0.1) is 5.92 Å². The molecule has 0 radical (unpaired) electrons. The number of aromatic nitrogens is 4. The van der Waals surface area contributed by atoms with E-state index in [9.17, 15) is 9.59 Å². The van der Waals surface area contributed by atoms with Gasteiger partial charge in [-0.25, -0.2) is 4.68 Å². The van der Waals surface area contributed by atoms with Crippen molar-refractivity contribution < 1.29 is 9.59 Å². The number of fused-ring (bicyclic) bond motifs is 1. The second-order valence-electron chi connectivity index (χ2n) is 6.84. The largest absolute Gasteiger partial charge is 0.351 e. The molecule has 26 heavy (non-hydrogen) atoms. The van der Waals surface area contributed by atoms with Crippen molar-refractivity contribution in [2.75, 3.05) is 11.4 Å². The summed E-state index contributed by atoms with van der Waals surface area (Å²) in [5.41, 5.74) is 1.92. The number of benzene rings is 1. The maximum absolute atomic E-state index is 12.6. The minimum atomic E-state index is -0.297. The number of carbonyl (C=O) groups excluding carboxylic acids is 2. The highest BCUT2D eigenvalue weighted by molar-refractivity contribution is 5.95. The van der Waals surface area contributed by atoms with Gasteiger partial charge in [0.1, 0.15) is 0 Å². The number of amides is 2. The summed E-state index contributed by atoms with van der Waals surface area (Å²) in [5, 5.41) is 14.7. The molecule has 8 nitrogen and oxygen atoms in total. The second-order valence-corrected chi connectivity index (χ2v) is 6.84. The Balaban J connectivity index is 1.38. The summed E-state index contributed by atoms with van der Waals surface area (Å²) in [6.45, 7) is 2.00. The molecule has 8 heteroatoms. The Morgan fingerprint density at radius 3 is 2.77 bits per heavy atom. The van der Waals surface area contributed by atoms with Gasteiger partial charge >= 0.3 is 0 Å². The van der Waals surface area contributed by atoms with Gasteiger partial charge in [-0.15, -0.1) is 5.10 Å². The summed E-state index contributed by atoms with van der Waals surface area (Å²) in [5.74, 6) is 0.496. The van der Waals surface area contributed by atoms with Crippen molar-refractivity contribution >= 4 is 17.5 Å². The van der Waals surface area contributed by atoms with E-state index in [1.165, 1.54) is 0 Å². The third kappa shape index (κ3) is 3.31. The van der Waals surface area contributed by atoms with Crippen molar-refractivity contribution in [3.8, 4) is 0 Å². The fourth-order valence-electron chi connectivity index (χ4n) is 3.64. The molecule has 136 valence electrons. The molecule has 0 spiro atoms. The summed E-state index contributed by atoms with van der Waals surface area (Å²) in [7, 11) is 0. The predicted molar refractivity (Wildman–Crippen MR) is 94.3 cm³/mol. The van der Waals surface area contributed by atoms with Crippen LogP contribution in [-0.4, -0.2) is 38.6 Å². The van der Waals surface area contributed by atoms with Crippen molar-refractivity contribution in [1.82, 2.24) is 25.5 Å². The molecular weight excluding hydrogens is 332 g/mol. The molecule has 2 aromatic rings. The van der Waals surface area contributed by atoms with Crippen molar-refractivity contribution in [3.63, 3.8) is 0 Å². The van der Waals surface area contributed by atoms with E-state index in [1.54, 1.807) is 4.68 Å². The van der Waals surface area contributed by atoms with E-state index < -0.39 is 0 Å². The maximum atomic E-state index is 12.6. The Labute approximate surface area is 151 Å². The van der Waals surface area contributed by atoms with E-state index in [-0.39, 0.29) is 17.7 Å². The van der Waals surface area contributed by atoms with Crippen molar-refractivity contribution in [2.45, 2.75) is 51.1 Å². The molecule has 1 aromatic heterocycles. The predicted octanol–water partition coefficient (Wildman–Crippen LogP) is 1.38. The van der Waals surface area contributed by atoms with Crippen molar-refractivity contribution in [3.05, 3.63) is 35.7 Å². The molecule has 1 aromatic carbocycles. The van der Waals surface area contributed by atoms with E-state index >= 15 is 0 Å². The topological polar surface area (TPSA) is 93.0 Å². The molecule has 0 aliphatic carbocycles. The Hall–Kier alpha value is -2.77. The van der Waals surface area contributed by atoms with E-state index in [2.05, 4.69) is 20.8 Å². The van der Waals surface area contributed by atoms with Gasteiger partial charge in [-0.1, -0.05) is 18.6 Å². The van der Waals surface area contributed by atoms with Gasteiger partial charge in [0.15, 0.2) is 5.82 Å². The van der Waals surface area contributed by atoms with E-state index in [4.69, 9.17) is 0 Å². The highest BCUT2D eigenvalue weighted by Crippen LogP contribution is 2.24. The molecule has 2 aliphatic heterocycles. The SMILES string of the molecule is O=C(NCc1ccc(N2CCCC2=O)cc1)[C@H]1CCCCn2nnnc21. The lowest BCUT2D eigenvalue weighted by Gasteiger charge is -2.16. The molecular formula is C18H22N6O2. The number of rotatable bonds is 4. The van der Waals surface area contributed by atoms with Crippen LogP contribution in [0, 0.1) is 0 Å². The fourth-order valence-corrected chi connectivity index (χ4v) is 3.64. The summed E-state index contributed by atoms with van der Waals surface area (Å²) in [6, 6.07) is 7.80. The number of hydrogen-bond acceptors (Lipinski definition) is 5. The molecule has 1 fully saturated rings.